The quantitative estimate of drug-likeness (QED) is 0.550. The summed E-state index contributed by atoms with van der Waals surface area (Å²) in [6, 6.07) is 3.78. The van der Waals surface area contributed by atoms with Gasteiger partial charge in [0.25, 0.3) is 5.91 Å². The van der Waals surface area contributed by atoms with Gasteiger partial charge in [-0.25, -0.2) is 8.42 Å². The molecule has 0 heterocycles. The number of amides is 1. The number of benzene rings is 1. The van der Waals surface area contributed by atoms with E-state index in [9.17, 15) is 18.0 Å². The fourth-order valence-electron chi connectivity index (χ4n) is 2.33. The van der Waals surface area contributed by atoms with Gasteiger partial charge in [0.2, 0.25) is 10.0 Å². The molecule has 0 aliphatic rings. The molecule has 0 fully saturated rings. The van der Waals surface area contributed by atoms with E-state index in [1.807, 2.05) is 27.7 Å². The molecule has 0 saturated carbocycles. The minimum Gasteiger partial charge on any atom is -0.455 e. The van der Waals surface area contributed by atoms with Crippen LogP contribution in [0.3, 0.4) is 0 Å². The highest BCUT2D eigenvalue weighted by Crippen LogP contribution is 2.24. The molecule has 1 aromatic carbocycles. The Kier molecular flexibility index (Phi) is 9.69. The fraction of sp³-hybridized carbons (Fsp3) is 0.556. The number of sulfonamides is 1. The Hall–Kier alpha value is -1.35. The number of nitrogens with zero attached hydrogens (tertiary/aromatic N) is 1. The number of ether oxygens (including phenoxy) is 1. The summed E-state index contributed by atoms with van der Waals surface area (Å²) in [5.41, 5.74) is 0. The number of nitrogens with one attached hydrogen (secondary N) is 1. The second-order valence-corrected chi connectivity index (χ2v) is 9.73. The van der Waals surface area contributed by atoms with Gasteiger partial charge in [-0.05, 0) is 30.0 Å². The number of hydrogen-bond acceptors (Lipinski definition) is 5. The highest BCUT2D eigenvalue weighted by Gasteiger charge is 2.20. The van der Waals surface area contributed by atoms with Crippen molar-refractivity contribution in [2.75, 3.05) is 26.2 Å². The highest BCUT2D eigenvalue weighted by molar-refractivity contribution is 7.89. The number of hydrogen-bond donors (Lipinski definition) is 1. The Labute approximate surface area is 176 Å². The van der Waals surface area contributed by atoms with Gasteiger partial charge in [-0.15, -0.1) is 0 Å². The number of carbonyl (C=O) groups excluding carboxylic acids is 2. The van der Waals surface area contributed by atoms with Gasteiger partial charge < -0.3 is 9.64 Å². The monoisotopic (exact) mass is 452 g/mol. The summed E-state index contributed by atoms with van der Waals surface area (Å²) < 4.78 is 31.4. The Morgan fingerprint density at radius 3 is 2.14 bits per heavy atom. The van der Waals surface area contributed by atoms with E-state index >= 15 is 0 Å². The van der Waals surface area contributed by atoms with Crippen molar-refractivity contribution >= 4 is 45.1 Å². The minimum atomic E-state index is -3.97. The van der Waals surface area contributed by atoms with E-state index in [1.54, 1.807) is 4.90 Å². The van der Waals surface area contributed by atoms with E-state index in [2.05, 4.69) is 4.72 Å². The van der Waals surface area contributed by atoms with Crippen LogP contribution in [-0.2, 0) is 24.3 Å². The first-order valence-corrected chi connectivity index (χ1v) is 11.0. The molecular weight excluding hydrogens is 427 g/mol. The Morgan fingerprint density at radius 2 is 1.64 bits per heavy atom. The number of rotatable bonds is 10. The highest BCUT2D eigenvalue weighted by atomic mass is 35.5. The van der Waals surface area contributed by atoms with Crippen molar-refractivity contribution in [2.24, 2.45) is 11.8 Å². The molecule has 7 nitrogen and oxygen atoms in total. The first-order chi connectivity index (χ1) is 12.9. The summed E-state index contributed by atoms with van der Waals surface area (Å²) in [4.78, 5) is 25.6. The average Bonchev–Trinajstić information content (AvgIpc) is 2.58. The summed E-state index contributed by atoms with van der Waals surface area (Å²) in [5, 5.41) is 0.291. The fourth-order valence-corrected chi connectivity index (χ4v) is 3.68. The lowest BCUT2D eigenvalue weighted by atomic mass is 10.1. The Morgan fingerprint density at radius 1 is 1.07 bits per heavy atom. The maximum absolute atomic E-state index is 12.3. The molecule has 10 heteroatoms. The summed E-state index contributed by atoms with van der Waals surface area (Å²) in [6.45, 7) is 8.03. The van der Waals surface area contributed by atoms with Crippen molar-refractivity contribution in [1.29, 1.82) is 0 Å². The summed E-state index contributed by atoms with van der Waals surface area (Å²) in [5.74, 6) is -0.623. The lowest BCUT2D eigenvalue weighted by Gasteiger charge is -2.26. The van der Waals surface area contributed by atoms with E-state index in [0.29, 0.717) is 13.1 Å². The van der Waals surface area contributed by atoms with Crippen molar-refractivity contribution < 1.29 is 22.7 Å². The molecule has 0 saturated heterocycles. The van der Waals surface area contributed by atoms with Crippen molar-refractivity contribution in [3.05, 3.63) is 28.2 Å². The standard InChI is InChI=1S/C18H26Cl2N2O5S/c1-12(2)9-22(10-13(3)4)17(23)11-27-18(24)8-21-28(25,26)14-5-6-15(19)16(20)7-14/h5-7,12-13,21H,8-11H2,1-4H3. The maximum atomic E-state index is 12.3. The predicted molar refractivity (Wildman–Crippen MR) is 109 cm³/mol. The van der Waals surface area contributed by atoms with Crippen LogP contribution in [0.25, 0.3) is 0 Å². The van der Waals surface area contributed by atoms with Gasteiger partial charge in [0.1, 0.15) is 6.54 Å². The summed E-state index contributed by atoms with van der Waals surface area (Å²) in [7, 11) is -3.97. The van der Waals surface area contributed by atoms with Crippen LogP contribution in [0.4, 0.5) is 0 Å². The molecule has 0 radical (unpaired) electrons. The number of carbonyl (C=O) groups is 2. The second-order valence-electron chi connectivity index (χ2n) is 7.15. The van der Waals surface area contributed by atoms with Gasteiger partial charge in [-0.1, -0.05) is 50.9 Å². The molecular formula is C18H26Cl2N2O5S. The van der Waals surface area contributed by atoms with Crippen molar-refractivity contribution in [1.82, 2.24) is 9.62 Å². The average molecular weight is 453 g/mol. The Balaban J connectivity index is 2.59. The molecule has 1 amide bonds. The minimum absolute atomic E-state index is 0.0770. The summed E-state index contributed by atoms with van der Waals surface area (Å²) in [6.07, 6.45) is 0. The maximum Gasteiger partial charge on any atom is 0.321 e. The van der Waals surface area contributed by atoms with E-state index < -0.39 is 29.1 Å². The molecule has 0 bridgehead atoms. The van der Waals surface area contributed by atoms with Crippen LogP contribution in [0, 0.1) is 11.8 Å². The van der Waals surface area contributed by atoms with Crippen LogP contribution < -0.4 is 4.72 Å². The molecule has 0 unspecified atom stereocenters. The SMILES string of the molecule is CC(C)CN(CC(C)C)C(=O)COC(=O)CNS(=O)(=O)c1ccc(Cl)c(Cl)c1. The lowest BCUT2D eigenvalue weighted by molar-refractivity contribution is -0.151. The summed E-state index contributed by atoms with van der Waals surface area (Å²) >= 11 is 11.6. The van der Waals surface area contributed by atoms with Crippen molar-refractivity contribution in [2.45, 2.75) is 32.6 Å². The van der Waals surface area contributed by atoms with Crippen LogP contribution in [0.2, 0.25) is 10.0 Å². The molecule has 1 aromatic rings. The topological polar surface area (TPSA) is 92.8 Å². The van der Waals surface area contributed by atoms with Crippen LogP contribution in [0.1, 0.15) is 27.7 Å². The van der Waals surface area contributed by atoms with Crippen LogP contribution in [0.15, 0.2) is 23.1 Å². The smallest absolute Gasteiger partial charge is 0.321 e. The number of esters is 1. The zero-order chi connectivity index (χ0) is 21.5. The third-order valence-electron chi connectivity index (χ3n) is 3.49. The Bertz CT molecular complexity index is 787. The predicted octanol–water partition coefficient (Wildman–Crippen LogP) is 2.96. The lowest BCUT2D eigenvalue weighted by Crippen LogP contribution is -2.40. The molecule has 0 aliphatic heterocycles. The number of halogens is 2. The van der Waals surface area contributed by atoms with Crippen molar-refractivity contribution in [3.63, 3.8) is 0 Å². The third kappa shape index (κ3) is 8.34. The zero-order valence-electron chi connectivity index (χ0n) is 16.4. The van der Waals surface area contributed by atoms with Gasteiger partial charge in [0.05, 0.1) is 14.9 Å². The normalized spacial score (nSPS) is 11.7. The van der Waals surface area contributed by atoms with Crippen molar-refractivity contribution in [3.8, 4) is 0 Å². The molecule has 1 rings (SSSR count). The van der Waals surface area contributed by atoms with Crippen LogP contribution >= 0.6 is 23.2 Å². The van der Waals surface area contributed by atoms with E-state index in [-0.39, 0.29) is 32.7 Å². The first-order valence-electron chi connectivity index (χ1n) is 8.80. The molecule has 1 N–H and O–H groups in total. The van der Waals surface area contributed by atoms with Crippen LogP contribution in [-0.4, -0.2) is 51.4 Å². The van der Waals surface area contributed by atoms with E-state index in [1.165, 1.54) is 18.2 Å². The first kappa shape index (κ1) is 24.7. The largest absolute Gasteiger partial charge is 0.455 e. The molecule has 0 atom stereocenters. The second kappa shape index (κ2) is 11.0. The molecule has 158 valence electrons. The van der Waals surface area contributed by atoms with Gasteiger partial charge >= 0.3 is 5.97 Å². The van der Waals surface area contributed by atoms with E-state index in [4.69, 9.17) is 27.9 Å². The van der Waals surface area contributed by atoms with Gasteiger partial charge in [-0.2, -0.15) is 4.72 Å². The van der Waals surface area contributed by atoms with Gasteiger partial charge in [0, 0.05) is 13.1 Å². The van der Waals surface area contributed by atoms with Crippen LogP contribution in [0.5, 0.6) is 0 Å². The third-order valence-corrected chi connectivity index (χ3v) is 5.63. The van der Waals surface area contributed by atoms with Gasteiger partial charge in [-0.3, -0.25) is 9.59 Å². The molecule has 0 aliphatic carbocycles. The molecule has 28 heavy (non-hydrogen) atoms. The molecule has 0 spiro atoms. The molecule has 0 aromatic heterocycles. The van der Waals surface area contributed by atoms with Gasteiger partial charge in [0.15, 0.2) is 6.61 Å². The van der Waals surface area contributed by atoms with E-state index in [0.717, 1.165) is 0 Å². The zero-order valence-corrected chi connectivity index (χ0v) is 18.7.